The van der Waals surface area contributed by atoms with Crippen molar-refractivity contribution in [3.8, 4) is 6.07 Å². The maximum absolute atomic E-state index is 9.18. The number of anilines is 1. The molecule has 24 heavy (non-hydrogen) atoms. The smallest absolute Gasteiger partial charge is 0.229 e. The Morgan fingerprint density at radius 1 is 1.42 bits per heavy atom. The Hall–Kier alpha value is -2.53. The molecule has 8 heteroatoms. The first-order valence-electron chi connectivity index (χ1n) is 8.07. The van der Waals surface area contributed by atoms with Gasteiger partial charge in [-0.05, 0) is 13.5 Å². The molecule has 1 aliphatic heterocycles. The molecule has 0 spiro atoms. The van der Waals surface area contributed by atoms with Crippen LogP contribution in [-0.4, -0.2) is 51.2 Å². The normalized spacial score (nSPS) is 17.7. The Bertz CT molecular complexity index is 736. The van der Waals surface area contributed by atoms with Gasteiger partial charge in [0.15, 0.2) is 17.3 Å². The van der Waals surface area contributed by atoms with Gasteiger partial charge in [-0.1, -0.05) is 19.0 Å². The van der Waals surface area contributed by atoms with Gasteiger partial charge in [-0.15, -0.1) is 0 Å². The highest BCUT2D eigenvalue weighted by Crippen LogP contribution is 2.23. The largest absolute Gasteiger partial charge is 0.353 e. The summed E-state index contributed by atoms with van der Waals surface area (Å²) in [5.41, 5.74) is 0.376. The summed E-state index contributed by atoms with van der Waals surface area (Å²) in [5, 5.41) is 13.2. The molecular formula is C16H21N7O. The maximum Gasteiger partial charge on any atom is 0.229 e. The van der Waals surface area contributed by atoms with Crippen LogP contribution in [0.2, 0.25) is 0 Å². The van der Waals surface area contributed by atoms with Crippen LogP contribution in [0.15, 0.2) is 16.9 Å². The number of nitriles is 1. The number of nitrogens with zero attached hydrogens (tertiary/aromatic N) is 7. The van der Waals surface area contributed by atoms with E-state index in [1.54, 1.807) is 12.4 Å². The molecule has 3 rings (SSSR count). The minimum absolute atomic E-state index is 0.236. The highest BCUT2D eigenvalue weighted by Gasteiger charge is 2.29. The lowest BCUT2D eigenvalue weighted by atomic mass is 10.2. The predicted octanol–water partition coefficient (Wildman–Crippen LogP) is 1.57. The molecule has 0 radical (unpaired) electrons. The molecule has 8 nitrogen and oxygen atoms in total. The molecule has 1 saturated heterocycles. The number of likely N-dealkylation sites (N-methyl/N-ethyl adjacent to an activating group) is 1. The molecule has 0 unspecified atom stereocenters. The monoisotopic (exact) mass is 327 g/mol. The lowest BCUT2D eigenvalue weighted by Crippen LogP contribution is -2.34. The number of aromatic nitrogens is 4. The van der Waals surface area contributed by atoms with E-state index in [0.717, 1.165) is 19.5 Å². The van der Waals surface area contributed by atoms with Gasteiger partial charge in [-0.2, -0.15) is 10.2 Å². The fourth-order valence-electron chi connectivity index (χ4n) is 2.85. The zero-order chi connectivity index (χ0) is 17.1. The zero-order valence-corrected chi connectivity index (χ0v) is 14.2. The Labute approximate surface area is 141 Å². The highest BCUT2D eigenvalue weighted by molar-refractivity contribution is 5.50. The van der Waals surface area contributed by atoms with Crippen molar-refractivity contribution < 1.29 is 4.52 Å². The molecular weight excluding hydrogens is 306 g/mol. The Kier molecular flexibility index (Phi) is 4.71. The number of rotatable bonds is 5. The van der Waals surface area contributed by atoms with Crippen LogP contribution in [0.5, 0.6) is 0 Å². The van der Waals surface area contributed by atoms with Gasteiger partial charge < -0.3 is 9.42 Å². The van der Waals surface area contributed by atoms with Gasteiger partial charge in [0.2, 0.25) is 5.89 Å². The second kappa shape index (κ2) is 6.93. The molecule has 0 amide bonds. The van der Waals surface area contributed by atoms with E-state index in [9.17, 15) is 5.26 Å². The predicted molar refractivity (Wildman–Crippen MR) is 87.2 cm³/mol. The van der Waals surface area contributed by atoms with E-state index in [1.165, 1.54) is 0 Å². The van der Waals surface area contributed by atoms with Crippen molar-refractivity contribution in [1.82, 2.24) is 25.0 Å². The summed E-state index contributed by atoms with van der Waals surface area (Å²) in [6.45, 7) is 6.36. The topological polar surface area (TPSA) is 95.0 Å². The number of hydrogen-bond acceptors (Lipinski definition) is 8. The van der Waals surface area contributed by atoms with E-state index in [2.05, 4.69) is 43.0 Å². The van der Waals surface area contributed by atoms with Crippen LogP contribution in [0.1, 0.15) is 43.6 Å². The quantitative estimate of drug-likeness (QED) is 0.816. The van der Waals surface area contributed by atoms with Crippen molar-refractivity contribution in [2.24, 2.45) is 0 Å². The first-order chi connectivity index (χ1) is 11.6. The molecule has 1 aliphatic rings. The van der Waals surface area contributed by atoms with E-state index in [-0.39, 0.29) is 5.92 Å². The van der Waals surface area contributed by atoms with E-state index in [1.807, 2.05) is 13.8 Å². The van der Waals surface area contributed by atoms with E-state index >= 15 is 0 Å². The third-order valence-electron chi connectivity index (χ3n) is 4.24. The summed E-state index contributed by atoms with van der Waals surface area (Å²) in [7, 11) is 2.06. The molecule has 0 bridgehead atoms. The van der Waals surface area contributed by atoms with Crippen LogP contribution in [0.4, 0.5) is 5.82 Å². The average Bonchev–Trinajstić information content (AvgIpc) is 3.24. The van der Waals surface area contributed by atoms with Crippen LogP contribution in [0.3, 0.4) is 0 Å². The van der Waals surface area contributed by atoms with E-state index in [4.69, 9.17) is 4.52 Å². The SMILES string of the molecule is CC(C)c1nc(CN(C)[C@@H]2CCN(c3nccnc3C#N)C2)no1. The maximum atomic E-state index is 9.18. The first kappa shape index (κ1) is 16.3. The molecule has 0 saturated carbocycles. The van der Waals surface area contributed by atoms with Crippen molar-refractivity contribution in [2.45, 2.75) is 38.8 Å². The van der Waals surface area contributed by atoms with Gasteiger partial charge in [-0.3, -0.25) is 4.90 Å². The number of hydrogen-bond donors (Lipinski definition) is 0. The van der Waals surface area contributed by atoms with Crippen molar-refractivity contribution in [3.63, 3.8) is 0 Å². The van der Waals surface area contributed by atoms with Gasteiger partial charge in [0.05, 0.1) is 6.54 Å². The summed E-state index contributed by atoms with van der Waals surface area (Å²) < 4.78 is 5.26. The third-order valence-corrected chi connectivity index (χ3v) is 4.24. The fourth-order valence-corrected chi connectivity index (χ4v) is 2.85. The Morgan fingerprint density at radius 3 is 2.92 bits per heavy atom. The van der Waals surface area contributed by atoms with Crippen LogP contribution in [0, 0.1) is 11.3 Å². The minimum Gasteiger partial charge on any atom is -0.353 e. The summed E-state index contributed by atoms with van der Waals surface area (Å²) in [6, 6.07) is 2.46. The minimum atomic E-state index is 0.236. The van der Waals surface area contributed by atoms with Crippen molar-refractivity contribution in [2.75, 3.05) is 25.0 Å². The Balaban J connectivity index is 1.63. The molecule has 2 aromatic heterocycles. The summed E-state index contributed by atoms with van der Waals surface area (Å²) >= 11 is 0. The highest BCUT2D eigenvalue weighted by atomic mass is 16.5. The van der Waals surface area contributed by atoms with Gasteiger partial charge >= 0.3 is 0 Å². The van der Waals surface area contributed by atoms with Gasteiger partial charge in [0, 0.05) is 37.4 Å². The zero-order valence-electron chi connectivity index (χ0n) is 14.2. The van der Waals surface area contributed by atoms with Crippen molar-refractivity contribution in [1.29, 1.82) is 5.26 Å². The second-order valence-electron chi connectivity index (χ2n) is 6.35. The second-order valence-corrected chi connectivity index (χ2v) is 6.35. The first-order valence-corrected chi connectivity index (χ1v) is 8.07. The van der Waals surface area contributed by atoms with Crippen molar-refractivity contribution >= 4 is 5.82 Å². The standard InChI is InChI=1S/C16H21N7O/c1-11(2)16-20-14(21-24-16)10-22(3)12-4-7-23(9-12)15-13(8-17)18-5-6-19-15/h5-6,11-12H,4,7,9-10H2,1-3H3/t12-/m1/s1. The van der Waals surface area contributed by atoms with Gasteiger partial charge in [-0.25, -0.2) is 9.97 Å². The summed E-state index contributed by atoms with van der Waals surface area (Å²) in [4.78, 5) is 17.2. The van der Waals surface area contributed by atoms with Crippen LogP contribution < -0.4 is 4.90 Å². The van der Waals surface area contributed by atoms with Crippen LogP contribution >= 0.6 is 0 Å². The molecule has 1 fully saturated rings. The summed E-state index contributed by atoms with van der Waals surface area (Å²) in [6.07, 6.45) is 4.16. The fraction of sp³-hybridized carbons (Fsp3) is 0.562. The Morgan fingerprint density at radius 2 is 2.21 bits per heavy atom. The van der Waals surface area contributed by atoms with Crippen LogP contribution in [-0.2, 0) is 6.54 Å². The molecule has 0 N–H and O–H groups in total. The third kappa shape index (κ3) is 3.36. The molecule has 0 aromatic carbocycles. The van der Waals surface area contributed by atoms with Gasteiger partial charge in [0.25, 0.3) is 0 Å². The van der Waals surface area contributed by atoms with Crippen molar-refractivity contribution in [3.05, 3.63) is 29.8 Å². The molecule has 2 aromatic rings. The van der Waals surface area contributed by atoms with E-state index < -0.39 is 0 Å². The van der Waals surface area contributed by atoms with Gasteiger partial charge in [0.1, 0.15) is 6.07 Å². The average molecular weight is 327 g/mol. The molecule has 126 valence electrons. The lowest BCUT2D eigenvalue weighted by Gasteiger charge is -2.23. The van der Waals surface area contributed by atoms with Crippen LogP contribution in [0.25, 0.3) is 0 Å². The van der Waals surface area contributed by atoms with E-state index in [0.29, 0.717) is 35.8 Å². The lowest BCUT2D eigenvalue weighted by molar-refractivity contribution is 0.240. The summed E-state index contributed by atoms with van der Waals surface area (Å²) in [5.74, 6) is 2.28. The molecule has 1 atom stereocenters. The molecule has 0 aliphatic carbocycles. The molecule has 3 heterocycles.